The zero-order chi connectivity index (χ0) is 8.27. The standard InChI is InChI=1S/C7H12N4/c1-11(2)5-6-3-9-7(8)10-4-6/h3-4H,5H2,1-2H3,(H2,8,9,10). The van der Waals surface area contributed by atoms with Crippen molar-refractivity contribution in [3.05, 3.63) is 18.0 Å². The Kier molecular flexibility index (Phi) is 2.38. The van der Waals surface area contributed by atoms with Crippen LogP contribution >= 0.6 is 0 Å². The highest BCUT2D eigenvalue weighted by Gasteiger charge is 1.94. The molecule has 11 heavy (non-hydrogen) atoms. The summed E-state index contributed by atoms with van der Waals surface area (Å²) in [6, 6.07) is 0. The number of nitrogens with zero attached hydrogens (tertiary/aromatic N) is 3. The van der Waals surface area contributed by atoms with E-state index in [1.54, 1.807) is 12.4 Å². The maximum atomic E-state index is 5.32. The van der Waals surface area contributed by atoms with Gasteiger partial charge in [-0.1, -0.05) is 0 Å². The van der Waals surface area contributed by atoms with Gasteiger partial charge in [0, 0.05) is 24.5 Å². The van der Waals surface area contributed by atoms with Crippen LogP contribution in [0.4, 0.5) is 5.95 Å². The minimum atomic E-state index is 0.326. The van der Waals surface area contributed by atoms with Gasteiger partial charge >= 0.3 is 0 Å². The maximum absolute atomic E-state index is 5.32. The van der Waals surface area contributed by atoms with Crippen LogP contribution in [-0.4, -0.2) is 29.0 Å². The molecule has 1 aromatic rings. The lowest BCUT2D eigenvalue weighted by Gasteiger charge is -2.07. The van der Waals surface area contributed by atoms with E-state index in [0.29, 0.717) is 5.95 Å². The number of anilines is 1. The van der Waals surface area contributed by atoms with Crippen LogP contribution in [0.25, 0.3) is 0 Å². The molecule has 0 aromatic carbocycles. The molecule has 0 spiro atoms. The highest BCUT2D eigenvalue weighted by molar-refractivity contribution is 5.16. The molecule has 4 heteroatoms. The summed E-state index contributed by atoms with van der Waals surface area (Å²) in [5, 5.41) is 0. The zero-order valence-corrected chi connectivity index (χ0v) is 6.78. The highest BCUT2D eigenvalue weighted by atomic mass is 15.1. The van der Waals surface area contributed by atoms with Crippen LogP contribution in [0.3, 0.4) is 0 Å². The minimum absolute atomic E-state index is 0.326. The SMILES string of the molecule is CN(C)Cc1cnc(N)nc1. The lowest BCUT2D eigenvalue weighted by Crippen LogP contribution is -2.11. The van der Waals surface area contributed by atoms with Crippen molar-refractivity contribution in [1.82, 2.24) is 14.9 Å². The summed E-state index contributed by atoms with van der Waals surface area (Å²) in [7, 11) is 3.99. The van der Waals surface area contributed by atoms with Gasteiger partial charge in [-0.25, -0.2) is 9.97 Å². The van der Waals surface area contributed by atoms with Gasteiger partial charge in [0.25, 0.3) is 0 Å². The number of hydrogen-bond donors (Lipinski definition) is 1. The number of hydrogen-bond acceptors (Lipinski definition) is 4. The molecule has 0 radical (unpaired) electrons. The molecule has 1 rings (SSSR count). The third-order valence-corrected chi connectivity index (χ3v) is 1.22. The second-order valence-corrected chi connectivity index (χ2v) is 2.69. The van der Waals surface area contributed by atoms with E-state index in [-0.39, 0.29) is 0 Å². The Hall–Kier alpha value is -1.16. The number of nitrogens with two attached hydrogens (primary N) is 1. The molecule has 0 unspecified atom stereocenters. The minimum Gasteiger partial charge on any atom is -0.368 e. The van der Waals surface area contributed by atoms with Crippen molar-refractivity contribution < 1.29 is 0 Å². The lowest BCUT2D eigenvalue weighted by molar-refractivity contribution is 0.401. The van der Waals surface area contributed by atoms with E-state index in [9.17, 15) is 0 Å². The van der Waals surface area contributed by atoms with E-state index in [0.717, 1.165) is 12.1 Å². The van der Waals surface area contributed by atoms with Crippen molar-refractivity contribution in [2.45, 2.75) is 6.54 Å². The highest BCUT2D eigenvalue weighted by Crippen LogP contribution is 1.98. The Morgan fingerprint density at radius 1 is 1.36 bits per heavy atom. The van der Waals surface area contributed by atoms with Gasteiger partial charge < -0.3 is 10.6 Å². The largest absolute Gasteiger partial charge is 0.368 e. The van der Waals surface area contributed by atoms with E-state index >= 15 is 0 Å². The van der Waals surface area contributed by atoms with Crippen LogP contribution in [0.15, 0.2) is 12.4 Å². The van der Waals surface area contributed by atoms with Gasteiger partial charge in [-0.2, -0.15) is 0 Å². The molecular weight excluding hydrogens is 140 g/mol. The third kappa shape index (κ3) is 2.51. The van der Waals surface area contributed by atoms with E-state index in [1.807, 2.05) is 14.1 Å². The van der Waals surface area contributed by atoms with Crippen molar-refractivity contribution in [3.63, 3.8) is 0 Å². The number of rotatable bonds is 2. The van der Waals surface area contributed by atoms with Gasteiger partial charge in [-0.15, -0.1) is 0 Å². The predicted molar refractivity (Wildman–Crippen MR) is 43.8 cm³/mol. The van der Waals surface area contributed by atoms with Gasteiger partial charge in [0.05, 0.1) is 0 Å². The molecule has 0 fully saturated rings. The summed E-state index contributed by atoms with van der Waals surface area (Å²) in [6.45, 7) is 0.847. The van der Waals surface area contributed by atoms with Crippen molar-refractivity contribution in [3.8, 4) is 0 Å². The van der Waals surface area contributed by atoms with E-state index in [2.05, 4.69) is 14.9 Å². The molecule has 0 aliphatic carbocycles. The van der Waals surface area contributed by atoms with Gasteiger partial charge in [-0.3, -0.25) is 0 Å². The molecule has 0 atom stereocenters. The zero-order valence-electron chi connectivity index (χ0n) is 6.78. The average molecular weight is 152 g/mol. The Balaban J connectivity index is 2.66. The second kappa shape index (κ2) is 3.30. The summed E-state index contributed by atoms with van der Waals surface area (Å²) in [5.41, 5.74) is 6.39. The maximum Gasteiger partial charge on any atom is 0.219 e. The first-order valence-electron chi connectivity index (χ1n) is 3.39. The lowest BCUT2D eigenvalue weighted by atomic mass is 10.3. The van der Waals surface area contributed by atoms with Crippen molar-refractivity contribution in [2.75, 3.05) is 19.8 Å². The molecule has 1 aromatic heterocycles. The van der Waals surface area contributed by atoms with E-state index in [4.69, 9.17) is 5.73 Å². The van der Waals surface area contributed by atoms with E-state index < -0.39 is 0 Å². The van der Waals surface area contributed by atoms with Gasteiger partial charge in [0.15, 0.2) is 0 Å². The van der Waals surface area contributed by atoms with Gasteiger partial charge in [0.1, 0.15) is 0 Å². The van der Waals surface area contributed by atoms with Crippen LogP contribution in [0, 0.1) is 0 Å². The normalized spacial score (nSPS) is 10.5. The first kappa shape index (κ1) is 7.94. The van der Waals surface area contributed by atoms with Crippen molar-refractivity contribution in [1.29, 1.82) is 0 Å². The Morgan fingerprint density at radius 2 is 1.91 bits per heavy atom. The quantitative estimate of drug-likeness (QED) is 0.654. The molecule has 0 aliphatic heterocycles. The summed E-state index contributed by atoms with van der Waals surface area (Å²) in [4.78, 5) is 9.79. The predicted octanol–water partition coefficient (Wildman–Crippen LogP) is 0.120. The number of aromatic nitrogens is 2. The third-order valence-electron chi connectivity index (χ3n) is 1.22. The Labute approximate surface area is 66.1 Å². The van der Waals surface area contributed by atoms with Crippen LogP contribution in [0.5, 0.6) is 0 Å². The topological polar surface area (TPSA) is 55.0 Å². The van der Waals surface area contributed by atoms with Gasteiger partial charge in [0.2, 0.25) is 5.95 Å². The molecule has 2 N–H and O–H groups in total. The Bertz CT molecular complexity index is 216. The smallest absolute Gasteiger partial charge is 0.219 e. The Morgan fingerprint density at radius 3 is 2.36 bits per heavy atom. The van der Waals surface area contributed by atoms with Crippen LogP contribution in [0.1, 0.15) is 5.56 Å². The molecule has 4 nitrogen and oxygen atoms in total. The second-order valence-electron chi connectivity index (χ2n) is 2.69. The van der Waals surface area contributed by atoms with E-state index in [1.165, 1.54) is 0 Å². The fraction of sp³-hybridized carbons (Fsp3) is 0.429. The fourth-order valence-electron chi connectivity index (χ4n) is 0.812. The first-order valence-corrected chi connectivity index (χ1v) is 3.39. The molecule has 60 valence electrons. The first-order chi connectivity index (χ1) is 5.18. The fourth-order valence-corrected chi connectivity index (χ4v) is 0.812. The molecule has 0 amide bonds. The number of nitrogen functional groups attached to an aromatic ring is 1. The summed E-state index contributed by atoms with van der Waals surface area (Å²) >= 11 is 0. The van der Waals surface area contributed by atoms with Crippen LogP contribution in [-0.2, 0) is 6.54 Å². The molecule has 0 saturated heterocycles. The summed E-state index contributed by atoms with van der Waals surface area (Å²) < 4.78 is 0. The molecule has 0 bridgehead atoms. The monoisotopic (exact) mass is 152 g/mol. The average Bonchev–Trinajstić information content (AvgIpc) is 1.93. The van der Waals surface area contributed by atoms with Gasteiger partial charge in [-0.05, 0) is 14.1 Å². The summed E-state index contributed by atoms with van der Waals surface area (Å²) in [6.07, 6.45) is 3.48. The van der Waals surface area contributed by atoms with Crippen LogP contribution < -0.4 is 5.73 Å². The molecular formula is C7H12N4. The molecule has 1 heterocycles. The molecule has 0 saturated carbocycles. The van der Waals surface area contributed by atoms with Crippen molar-refractivity contribution in [2.24, 2.45) is 0 Å². The molecule has 0 aliphatic rings. The van der Waals surface area contributed by atoms with Crippen LogP contribution in [0.2, 0.25) is 0 Å². The summed E-state index contributed by atoms with van der Waals surface area (Å²) in [5.74, 6) is 0.326. The van der Waals surface area contributed by atoms with Crippen molar-refractivity contribution >= 4 is 5.95 Å².